The molecule has 0 atom stereocenters. The molecule has 0 heterocycles. The summed E-state index contributed by atoms with van der Waals surface area (Å²) in [5.41, 5.74) is 1.05. The van der Waals surface area contributed by atoms with Gasteiger partial charge in [-0.25, -0.2) is 0 Å². The number of carbonyl (C=O) groups is 1. The van der Waals surface area contributed by atoms with E-state index in [9.17, 15) is 4.79 Å². The van der Waals surface area contributed by atoms with E-state index in [0.29, 0.717) is 11.5 Å². The molecular weight excluding hydrogens is 308 g/mol. The van der Waals surface area contributed by atoms with Crippen LogP contribution in [0.15, 0.2) is 45.3 Å². The first-order chi connectivity index (χ1) is 8.75. The van der Waals surface area contributed by atoms with Crippen molar-refractivity contribution in [1.82, 2.24) is 0 Å². The summed E-state index contributed by atoms with van der Waals surface area (Å²) in [5, 5.41) is 0. The molecule has 0 bridgehead atoms. The summed E-state index contributed by atoms with van der Waals surface area (Å²) < 4.78 is 1.06. The SMILES string of the molecule is O=C(CSc1cccc(Br)c1)C1=CCCCCC1. The lowest BCUT2D eigenvalue weighted by molar-refractivity contribution is -0.113. The van der Waals surface area contributed by atoms with E-state index in [1.165, 1.54) is 19.3 Å². The molecule has 1 aromatic carbocycles. The van der Waals surface area contributed by atoms with E-state index in [1.54, 1.807) is 11.8 Å². The smallest absolute Gasteiger partial charge is 0.168 e. The van der Waals surface area contributed by atoms with Crippen molar-refractivity contribution in [2.45, 2.75) is 37.0 Å². The van der Waals surface area contributed by atoms with Gasteiger partial charge >= 0.3 is 0 Å². The van der Waals surface area contributed by atoms with Gasteiger partial charge in [0.2, 0.25) is 0 Å². The quantitative estimate of drug-likeness (QED) is 0.725. The molecule has 0 fully saturated rings. The van der Waals surface area contributed by atoms with Crippen molar-refractivity contribution in [3.63, 3.8) is 0 Å². The van der Waals surface area contributed by atoms with Crippen LogP contribution in [-0.4, -0.2) is 11.5 Å². The molecule has 0 saturated carbocycles. The van der Waals surface area contributed by atoms with E-state index in [4.69, 9.17) is 0 Å². The van der Waals surface area contributed by atoms with Crippen LogP contribution in [0.1, 0.15) is 32.1 Å². The molecule has 1 aromatic rings. The summed E-state index contributed by atoms with van der Waals surface area (Å²) in [6.07, 6.45) is 7.85. The van der Waals surface area contributed by atoms with Gasteiger partial charge in [0.15, 0.2) is 5.78 Å². The maximum Gasteiger partial charge on any atom is 0.168 e. The summed E-state index contributed by atoms with van der Waals surface area (Å²) >= 11 is 5.07. The summed E-state index contributed by atoms with van der Waals surface area (Å²) in [7, 11) is 0. The van der Waals surface area contributed by atoms with Gasteiger partial charge in [-0.2, -0.15) is 0 Å². The first-order valence-corrected chi connectivity index (χ1v) is 8.14. The Hall–Kier alpha value is -0.540. The van der Waals surface area contributed by atoms with Crippen LogP contribution in [0.5, 0.6) is 0 Å². The molecule has 3 heteroatoms. The largest absolute Gasteiger partial charge is 0.294 e. The molecule has 0 spiro atoms. The van der Waals surface area contributed by atoms with Crippen LogP contribution in [0.2, 0.25) is 0 Å². The van der Waals surface area contributed by atoms with Crippen LogP contribution >= 0.6 is 27.7 Å². The van der Waals surface area contributed by atoms with Crippen molar-refractivity contribution < 1.29 is 4.79 Å². The third-order valence-electron chi connectivity index (χ3n) is 3.07. The third kappa shape index (κ3) is 4.29. The zero-order chi connectivity index (χ0) is 12.8. The molecule has 0 N–H and O–H groups in total. The second-order valence-electron chi connectivity index (χ2n) is 4.50. The number of Topliss-reactive ketones (excluding diaryl/α,β-unsaturated/α-hetero) is 1. The molecule has 1 aliphatic carbocycles. The highest BCUT2D eigenvalue weighted by molar-refractivity contribution is 9.10. The number of hydrogen-bond acceptors (Lipinski definition) is 2. The summed E-state index contributed by atoms with van der Waals surface area (Å²) in [5.74, 6) is 0.865. The van der Waals surface area contributed by atoms with Crippen molar-refractivity contribution in [2.24, 2.45) is 0 Å². The number of thioether (sulfide) groups is 1. The fourth-order valence-electron chi connectivity index (χ4n) is 2.07. The van der Waals surface area contributed by atoms with Crippen LogP contribution < -0.4 is 0 Å². The number of allylic oxidation sites excluding steroid dienone is 2. The molecule has 96 valence electrons. The Morgan fingerprint density at radius 3 is 3.00 bits per heavy atom. The normalized spacial score (nSPS) is 15.9. The topological polar surface area (TPSA) is 17.1 Å². The Labute approximate surface area is 121 Å². The van der Waals surface area contributed by atoms with Crippen LogP contribution in [0.4, 0.5) is 0 Å². The Balaban J connectivity index is 1.89. The van der Waals surface area contributed by atoms with Crippen LogP contribution in [0, 0.1) is 0 Å². The molecule has 2 rings (SSSR count). The highest BCUT2D eigenvalue weighted by atomic mass is 79.9. The van der Waals surface area contributed by atoms with Crippen LogP contribution in [0.25, 0.3) is 0 Å². The second-order valence-corrected chi connectivity index (χ2v) is 6.46. The summed E-state index contributed by atoms with van der Waals surface area (Å²) in [4.78, 5) is 13.3. The predicted octanol–water partition coefficient (Wildman–Crippen LogP) is 5.00. The standard InChI is InChI=1S/C15H17BrOS/c16-13-8-5-9-14(10-13)18-11-15(17)12-6-3-1-2-4-7-12/h5-6,8-10H,1-4,7,11H2. The Morgan fingerprint density at radius 2 is 2.17 bits per heavy atom. The van der Waals surface area contributed by atoms with E-state index >= 15 is 0 Å². The molecular formula is C15H17BrOS. The molecule has 0 amide bonds. The van der Waals surface area contributed by atoms with Gasteiger partial charge in [-0.1, -0.05) is 34.5 Å². The Bertz CT molecular complexity index is 454. The zero-order valence-electron chi connectivity index (χ0n) is 10.3. The van der Waals surface area contributed by atoms with E-state index < -0.39 is 0 Å². The minimum absolute atomic E-state index is 0.307. The van der Waals surface area contributed by atoms with Gasteiger partial charge in [0.25, 0.3) is 0 Å². The Morgan fingerprint density at radius 1 is 1.28 bits per heavy atom. The van der Waals surface area contributed by atoms with Gasteiger partial charge in [-0.3, -0.25) is 4.79 Å². The fourth-order valence-corrected chi connectivity index (χ4v) is 3.49. The number of carbonyl (C=O) groups excluding carboxylic acids is 1. The average Bonchev–Trinajstić information content (AvgIpc) is 2.65. The van der Waals surface area contributed by atoms with Gasteiger partial charge in [0.05, 0.1) is 5.75 Å². The van der Waals surface area contributed by atoms with Crippen LogP contribution in [-0.2, 0) is 4.79 Å². The number of hydrogen-bond donors (Lipinski definition) is 0. The molecule has 0 radical (unpaired) electrons. The van der Waals surface area contributed by atoms with Gasteiger partial charge in [-0.15, -0.1) is 11.8 Å². The van der Waals surface area contributed by atoms with Crippen molar-refractivity contribution in [2.75, 3.05) is 5.75 Å². The van der Waals surface area contributed by atoms with Crippen molar-refractivity contribution in [3.05, 3.63) is 40.4 Å². The van der Waals surface area contributed by atoms with E-state index in [2.05, 4.69) is 28.1 Å². The highest BCUT2D eigenvalue weighted by Gasteiger charge is 2.11. The number of rotatable bonds is 4. The summed E-state index contributed by atoms with van der Waals surface area (Å²) in [6.45, 7) is 0. The van der Waals surface area contributed by atoms with E-state index in [1.807, 2.05) is 18.2 Å². The Kier molecular flexibility index (Phi) is 5.51. The lowest BCUT2D eigenvalue weighted by Gasteiger charge is -2.05. The first kappa shape index (κ1) is 13.9. The first-order valence-electron chi connectivity index (χ1n) is 6.36. The number of halogens is 1. The van der Waals surface area contributed by atoms with E-state index in [0.717, 1.165) is 27.8 Å². The maximum atomic E-state index is 12.1. The second kappa shape index (κ2) is 7.15. The lowest BCUT2D eigenvalue weighted by Crippen LogP contribution is -2.05. The number of benzene rings is 1. The van der Waals surface area contributed by atoms with Crippen molar-refractivity contribution >= 4 is 33.5 Å². The minimum atomic E-state index is 0.307. The zero-order valence-corrected chi connectivity index (χ0v) is 12.7. The van der Waals surface area contributed by atoms with Crippen molar-refractivity contribution in [1.29, 1.82) is 0 Å². The monoisotopic (exact) mass is 324 g/mol. The minimum Gasteiger partial charge on any atom is -0.294 e. The van der Waals surface area contributed by atoms with Gasteiger partial charge in [0.1, 0.15) is 0 Å². The molecule has 18 heavy (non-hydrogen) atoms. The molecule has 1 aliphatic rings. The van der Waals surface area contributed by atoms with Gasteiger partial charge < -0.3 is 0 Å². The molecule has 1 nitrogen and oxygen atoms in total. The summed E-state index contributed by atoms with van der Waals surface area (Å²) in [6, 6.07) is 8.10. The van der Waals surface area contributed by atoms with Gasteiger partial charge in [0, 0.05) is 9.37 Å². The van der Waals surface area contributed by atoms with Crippen LogP contribution in [0.3, 0.4) is 0 Å². The highest BCUT2D eigenvalue weighted by Crippen LogP contribution is 2.24. The molecule has 0 aromatic heterocycles. The predicted molar refractivity (Wildman–Crippen MR) is 81.0 cm³/mol. The molecule has 0 unspecified atom stereocenters. The average molecular weight is 325 g/mol. The van der Waals surface area contributed by atoms with E-state index in [-0.39, 0.29) is 0 Å². The molecule has 0 saturated heterocycles. The third-order valence-corrected chi connectivity index (χ3v) is 4.55. The fraction of sp³-hybridized carbons (Fsp3) is 0.400. The maximum absolute atomic E-state index is 12.1. The van der Waals surface area contributed by atoms with Gasteiger partial charge in [-0.05, 0) is 49.5 Å². The number of ketones is 1. The lowest BCUT2D eigenvalue weighted by atomic mass is 10.1. The van der Waals surface area contributed by atoms with Crippen molar-refractivity contribution in [3.8, 4) is 0 Å². The molecule has 0 aliphatic heterocycles.